The minimum atomic E-state index is -0.963. The van der Waals surface area contributed by atoms with Gasteiger partial charge in [0, 0.05) is 21.9 Å². The first-order valence-corrected chi connectivity index (χ1v) is 10.7. The van der Waals surface area contributed by atoms with E-state index < -0.39 is 10.8 Å². The van der Waals surface area contributed by atoms with Gasteiger partial charge in [0.15, 0.2) is 0 Å². The Morgan fingerprint density at radius 3 is 2.36 bits per heavy atom. The van der Waals surface area contributed by atoms with Crippen LogP contribution in [-0.4, -0.2) is 19.9 Å². The topological polar surface area (TPSA) is 64.0 Å². The number of benzene rings is 2. The van der Waals surface area contributed by atoms with Crippen molar-refractivity contribution in [3.05, 3.63) is 77.0 Å². The average Bonchev–Trinajstić information content (AvgIpc) is 3.19. The Morgan fingerprint density at radius 1 is 1.04 bits per heavy atom. The molecule has 5 nitrogen and oxygen atoms in total. The molecule has 1 amide bonds. The molecule has 1 atom stereocenters. The van der Waals surface area contributed by atoms with Gasteiger partial charge in [-0.05, 0) is 35.2 Å². The number of carbonyl (C=O) groups is 1. The summed E-state index contributed by atoms with van der Waals surface area (Å²) in [5.74, 6) is 1.26. The molecule has 6 heteroatoms. The van der Waals surface area contributed by atoms with Gasteiger partial charge in [0.05, 0.1) is 22.9 Å². The van der Waals surface area contributed by atoms with Crippen molar-refractivity contribution in [3.8, 4) is 5.69 Å². The van der Waals surface area contributed by atoms with Gasteiger partial charge in [-0.15, -0.1) is 0 Å². The lowest BCUT2D eigenvalue weighted by molar-refractivity contribution is 0.102. The van der Waals surface area contributed by atoms with Crippen LogP contribution in [0.3, 0.4) is 0 Å². The highest BCUT2D eigenvalue weighted by atomic mass is 32.2. The maximum Gasteiger partial charge on any atom is 0.256 e. The van der Waals surface area contributed by atoms with Crippen LogP contribution in [0.2, 0.25) is 0 Å². The van der Waals surface area contributed by atoms with Crippen LogP contribution in [0.25, 0.3) is 5.69 Å². The third kappa shape index (κ3) is 3.52. The number of nitrogens with one attached hydrogen (secondary N) is 1. The van der Waals surface area contributed by atoms with Gasteiger partial charge in [-0.3, -0.25) is 9.00 Å². The summed E-state index contributed by atoms with van der Waals surface area (Å²) < 4.78 is 13.7. The summed E-state index contributed by atoms with van der Waals surface area (Å²) in [6.07, 6.45) is 0. The van der Waals surface area contributed by atoms with E-state index in [4.69, 9.17) is 0 Å². The zero-order valence-electron chi connectivity index (χ0n) is 16.2. The van der Waals surface area contributed by atoms with E-state index in [9.17, 15) is 9.00 Å². The molecule has 1 aliphatic heterocycles. The third-order valence-corrected chi connectivity index (χ3v) is 6.12. The molecule has 0 saturated carbocycles. The maximum absolute atomic E-state index is 12.9. The molecule has 1 unspecified atom stereocenters. The highest BCUT2D eigenvalue weighted by Gasteiger charge is 2.28. The first kappa shape index (κ1) is 18.6. The van der Waals surface area contributed by atoms with Crippen LogP contribution in [-0.2, 0) is 27.7 Å². The maximum atomic E-state index is 12.9. The number of nitrogens with zero attached hydrogens (tertiary/aromatic N) is 2. The van der Waals surface area contributed by atoms with Gasteiger partial charge < -0.3 is 5.32 Å². The van der Waals surface area contributed by atoms with E-state index in [0.717, 1.165) is 16.9 Å². The second-order valence-corrected chi connectivity index (χ2v) is 9.49. The lowest BCUT2D eigenvalue weighted by Gasteiger charge is -2.19. The van der Waals surface area contributed by atoms with E-state index in [1.807, 2.05) is 54.6 Å². The van der Waals surface area contributed by atoms with E-state index in [-0.39, 0.29) is 11.3 Å². The number of para-hydroxylation sites is 1. The number of amides is 1. The van der Waals surface area contributed by atoms with Crippen molar-refractivity contribution in [2.24, 2.45) is 0 Å². The molecule has 28 heavy (non-hydrogen) atoms. The largest absolute Gasteiger partial charge is 0.306 e. The minimum Gasteiger partial charge on any atom is -0.306 e. The summed E-state index contributed by atoms with van der Waals surface area (Å²) >= 11 is 0. The Hall–Kier alpha value is -2.73. The molecular formula is C22H23N3O2S. The van der Waals surface area contributed by atoms with Crippen LogP contribution >= 0.6 is 0 Å². The Balaban J connectivity index is 1.67. The monoisotopic (exact) mass is 393 g/mol. The number of hydrogen-bond donors (Lipinski definition) is 1. The zero-order valence-corrected chi connectivity index (χ0v) is 17.0. The van der Waals surface area contributed by atoms with Crippen molar-refractivity contribution in [2.45, 2.75) is 37.7 Å². The predicted octanol–water partition coefficient (Wildman–Crippen LogP) is 4.18. The summed E-state index contributed by atoms with van der Waals surface area (Å²) in [5, 5.41) is 7.62. The molecule has 3 aromatic rings. The second kappa shape index (κ2) is 7.02. The summed E-state index contributed by atoms with van der Waals surface area (Å²) in [6, 6.07) is 17.3. The first-order valence-electron chi connectivity index (χ1n) is 9.26. The number of aromatic nitrogens is 2. The van der Waals surface area contributed by atoms with Crippen molar-refractivity contribution >= 4 is 22.5 Å². The van der Waals surface area contributed by atoms with E-state index in [0.29, 0.717) is 22.9 Å². The van der Waals surface area contributed by atoms with Gasteiger partial charge in [-0.2, -0.15) is 5.10 Å². The summed E-state index contributed by atoms with van der Waals surface area (Å²) in [4.78, 5) is 12.9. The third-order valence-electron chi connectivity index (χ3n) is 4.92. The van der Waals surface area contributed by atoms with Gasteiger partial charge in [-0.25, -0.2) is 4.68 Å². The quantitative estimate of drug-likeness (QED) is 0.726. The van der Waals surface area contributed by atoms with Crippen LogP contribution < -0.4 is 5.32 Å². The van der Waals surface area contributed by atoms with Gasteiger partial charge in [0.2, 0.25) is 0 Å². The van der Waals surface area contributed by atoms with Crippen LogP contribution in [0.15, 0.2) is 54.6 Å². The fourth-order valence-corrected chi connectivity index (χ4v) is 4.58. The average molecular weight is 394 g/mol. The molecular weight excluding hydrogens is 370 g/mol. The lowest BCUT2D eigenvalue weighted by Crippen LogP contribution is -2.17. The van der Waals surface area contributed by atoms with Gasteiger partial charge in [0.25, 0.3) is 5.91 Å². The summed E-state index contributed by atoms with van der Waals surface area (Å²) in [5.41, 5.74) is 4.31. The number of anilines is 1. The SMILES string of the molecule is CC(C)(C)c1ccc(C(=O)Nc2c3c(nn2-c2ccccc2)CS(=O)C3)cc1. The number of rotatable bonds is 3. The molecule has 2 heterocycles. The normalized spacial score (nSPS) is 16.0. The van der Waals surface area contributed by atoms with Crippen LogP contribution in [0, 0.1) is 0 Å². The Labute approximate surface area is 167 Å². The zero-order chi connectivity index (χ0) is 19.9. The second-order valence-electron chi connectivity index (χ2n) is 8.03. The van der Waals surface area contributed by atoms with E-state index in [1.165, 1.54) is 5.56 Å². The van der Waals surface area contributed by atoms with Gasteiger partial charge in [0.1, 0.15) is 5.82 Å². The Bertz CT molecular complexity index is 1050. The van der Waals surface area contributed by atoms with Crippen LogP contribution in [0.5, 0.6) is 0 Å². The highest BCUT2D eigenvalue weighted by molar-refractivity contribution is 7.83. The van der Waals surface area contributed by atoms with Gasteiger partial charge >= 0.3 is 0 Å². The molecule has 2 aromatic carbocycles. The lowest BCUT2D eigenvalue weighted by atomic mass is 9.87. The summed E-state index contributed by atoms with van der Waals surface area (Å²) in [6.45, 7) is 6.43. The molecule has 0 aliphatic carbocycles. The van der Waals surface area contributed by atoms with Crippen molar-refractivity contribution in [1.29, 1.82) is 0 Å². The van der Waals surface area contributed by atoms with Crippen molar-refractivity contribution < 1.29 is 9.00 Å². The number of fused-ring (bicyclic) bond motifs is 1. The molecule has 4 rings (SSSR count). The Morgan fingerprint density at radius 2 is 1.71 bits per heavy atom. The van der Waals surface area contributed by atoms with Crippen LogP contribution in [0.1, 0.15) is 48.0 Å². The van der Waals surface area contributed by atoms with Crippen molar-refractivity contribution in [3.63, 3.8) is 0 Å². The van der Waals surface area contributed by atoms with Crippen LogP contribution in [0.4, 0.5) is 5.82 Å². The fourth-order valence-electron chi connectivity index (χ4n) is 3.31. The van der Waals surface area contributed by atoms with E-state index in [1.54, 1.807) is 4.68 Å². The van der Waals surface area contributed by atoms with E-state index in [2.05, 4.69) is 31.2 Å². The summed E-state index contributed by atoms with van der Waals surface area (Å²) in [7, 11) is -0.963. The molecule has 0 saturated heterocycles. The molecule has 0 radical (unpaired) electrons. The van der Waals surface area contributed by atoms with Crippen molar-refractivity contribution in [2.75, 3.05) is 5.32 Å². The molecule has 0 spiro atoms. The molecule has 0 fully saturated rings. The fraction of sp³-hybridized carbons (Fsp3) is 0.273. The van der Waals surface area contributed by atoms with E-state index >= 15 is 0 Å². The van der Waals surface area contributed by atoms with Gasteiger partial charge in [-0.1, -0.05) is 51.1 Å². The molecule has 1 aliphatic rings. The first-order chi connectivity index (χ1) is 13.3. The highest BCUT2D eigenvalue weighted by Crippen LogP contribution is 2.31. The van der Waals surface area contributed by atoms with Crippen molar-refractivity contribution in [1.82, 2.24) is 9.78 Å². The minimum absolute atomic E-state index is 0.0336. The number of carbonyl (C=O) groups excluding carboxylic acids is 1. The standard InChI is InChI=1S/C22H23N3O2S/c1-22(2,3)16-11-9-15(10-12-16)21(26)23-20-18-13-28(27)14-19(18)24-25(20)17-7-5-4-6-8-17/h4-12H,13-14H2,1-3H3,(H,23,26). The molecule has 144 valence electrons. The smallest absolute Gasteiger partial charge is 0.256 e. The molecule has 1 aromatic heterocycles. The predicted molar refractivity (Wildman–Crippen MR) is 112 cm³/mol. The number of hydrogen-bond acceptors (Lipinski definition) is 3. The Kier molecular flexibility index (Phi) is 4.67. The molecule has 1 N–H and O–H groups in total. The molecule has 0 bridgehead atoms.